The fourth-order valence-corrected chi connectivity index (χ4v) is 2.38. The zero-order valence-electron chi connectivity index (χ0n) is 11.3. The Morgan fingerprint density at radius 1 is 1.42 bits per heavy atom. The van der Waals surface area contributed by atoms with Gasteiger partial charge in [0.05, 0.1) is 0 Å². The van der Waals surface area contributed by atoms with Crippen molar-refractivity contribution >= 4 is 5.97 Å². The van der Waals surface area contributed by atoms with E-state index in [-0.39, 0.29) is 12.0 Å². The van der Waals surface area contributed by atoms with Gasteiger partial charge in [-0.15, -0.1) is 0 Å². The lowest BCUT2D eigenvalue weighted by atomic mass is 9.96. The molecule has 0 aromatic heterocycles. The van der Waals surface area contributed by atoms with Gasteiger partial charge in [0.1, 0.15) is 11.4 Å². The zero-order chi connectivity index (χ0) is 13.7. The topological polar surface area (TPSA) is 58.6 Å². The summed E-state index contributed by atoms with van der Waals surface area (Å²) in [6.07, 6.45) is 2.92. The largest absolute Gasteiger partial charge is 0.486 e. The maximum absolute atomic E-state index is 10.5. The molecule has 0 radical (unpaired) electrons. The maximum atomic E-state index is 10.5. The second-order valence-corrected chi connectivity index (χ2v) is 5.37. The highest BCUT2D eigenvalue weighted by Crippen LogP contribution is 2.24. The molecule has 0 spiro atoms. The molecule has 1 heterocycles. The molecule has 1 unspecified atom stereocenters. The minimum atomic E-state index is -0.763. The highest BCUT2D eigenvalue weighted by atomic mass is 16.5. The van der Waals surface area contributed by atoms with Crippen molar-refractivity contribution in [1.29, 1.82) is 0 Å². The number of hydrogen-bond donors (Lipinski definition) is 2. The third-order valence-electron chi connectivity index (χ3n) is 3.47. The summed E-state index contributed by atoms with van der Waals surface area (Å²) in [6.45, 7) is 4.05. The van der Waals surface area contributed by atoms with Crippen LogP contribution in [0.1, 0.15) is 31.7 Å². The van der Waals surface area contributed by atoms with Crippen molar-refractivity contribution in [1.82, 2.24) is 5.32 Å². The van der Waals surface area contributed by atoms with Crippen LogP contribution >= 0.6 is 0 Å². The van der Waals surface area contributed by atoms with Crippen LogP contribution in [-0.4, -0.2) is 29.8 Å². The monoisotopic (exact) mass is 263 g/mol. The first kappa shape index (κ1) is 13.9. The molecule has 0 amide bonds. The molecular formula is C15H21NO3. The van der Waals surface area contributed by atoms with Gasteiger partial charge < -0.3 is 15.2 Å². The van der Waals surface area contributed by atoms with E-state index in [1.165, 1.54) is 0 Å². The number of carboxylic acid groups (broad SMARTS) is 1. The van der Waals surface area contributed by atoms with Crippen molar-refractivity contribution in [3.05, 3.63) is 29.8 Å². The molecule has 2 rings (SSSR count). The maximum Gasteiger partial charge on any atom is 0.303 e. The van der Waals surface area contributed by atoms with E-state index in [4.69, 9.17) is 9.84 Å². The van der Waals surface area contributed by atoms with Gasteiger partial charge in [-0.05, 0) is 50.4 Å². The van der Waals surface area contributed by atoms with E-state index in [9.17, 15) is 4.79 Å². The molecule has 2 N–H and O–H groups in total. The summed E-state index contributed by atoms with van der Waals surface area (Å²) >= 11 is 0. The Kier molecular flexibility index (Phi) is 4.43. The molecule has 1 fully saturated rings. The first-order valence-electron chi connectivity index (χ1n) is 6.78. The Morgan fingerprint density at radius 2 is 2.16 bits per heavy atom. The predicted molar refractivity (Wildman–Crippen MR) is 73.5 cm³/mol. The van der Waals surface area contributed by atoms with Gasteiger partial charge >= 0.3 is 5.97 Å². The molecule has 104 valence electrons. The van der Waals surface area contributed by atoms with E-state index in [1.54, 1.807) is 0 Å². The van der Waals surface area contributed by atoms with Gasteiger partial charge in [0.25, 0.3) is 0 Å². The molecule has 1 aromatic rings. The van der Waals surface area contributed by atoms with Crippen LogP contribution in [0.15, 0.2) is 24.3 Å². The highest BCUT2D eigenvalue weighted by molar-refractivity contribution is 5.67. The molecule has 4 nitrogen and oxygen atoms in total. The van der Waals surface area contributed by atoms with Crippen molar-refractivity contribution in [2.75, 3.05) is 13.1 Å². The summed E-state index contributed by atoms with van der Waals surface area (Å²) in [5.41, 5.74) is 0.891. The number of benzene rings is 1. The highest BCUT2D eigenvalue weighted by Gasteiger charge is 2.28. The summed E-state index contributed by atoms with van der Waals surface area (Å²) in [5.74, 6) is 0.0893. The van der Waals surface area contributed by atoms with Crippen LogP contribution in [0.3, 0.4) is 0 Å². The Bertz CT molecular complexity index is 422. The molecule has 19 heavy (non-hydrogen) atoms. The molecule has 1 atom stereocenters. The number of piperidine rings is 1. The summed E-state index contributed by atoms with van der Waals surface area (Å²) in [7, 11) is 0. The molecule has 0 bridgehead atoms. The average molecular weight is 263 g/mol. The number of aliphatic carboxylic acids is 1. The van der Waals surface area contributed by atoms with E-state index >= 15 is 0 Å². The van der Waals surface area contributed by atoms with Crippen LogP contribution in [0.25, 0.3) is 0 Å². The number of carboxylic acids is 1. The van der Waals surface area contributed by atoms with E-state index in [0.717, 1.165) is 37.2 Å². The third-order valence-corrected chi connectivity index (χ3v) is 3.47. The van der Waals surface area contributed by atoms with Crippen LogP contribution in [0.5, 0.6) is 5.75 Å². The standard InChI is InChI=1S/C15H21NO3/c1-15(9-2-10-16-11-15)19-13-6-3-12(4-7-13)5-8-14(17)18/h3-4,6-7,16H,2,5,8-11H2,1H3,(H,17,18). The fraction of sp³-hybridized carbons (Fsp3) is 0.533. The number of ether oxygens (including phenoxy) is 1. The molecule has 1 aliphatic heterocycles. The molecule has 4 heteroatoms. The Hall–Kier alpha value is -1.55. The van der Waals surface area contributed by atoms with Crippen LogP contribution in [0.4, 0.5) is 0 Å². The summed E-state index contributed by atoms with van der Waals surface area (Å²) in [6, 6.07) is 7.74. The second-order valence-electron chi connectivity index (χ2n) is 5.37. The van der Waals surface area contributed by atoms with Crippen LogP contribution in [0, 0.1) is 0 Å². The Morgan fingerprint density at radius 3 is 2.74 bits per heavy atom. The lowest BCUT2D eigenvalue weighted by Gasteiger charge is -2.34. The van der Waals surface area contributed by atoms with Gasteiger partial charge in [0.2, 0.25) is 0 Å². The van der Waals surface area contributed by atoms with Crippen molar-refractivity contribution in [3.63, 3.8) is 0 Å². The zero-order valence-corrected chi connectivity index (χ0v) is 11.3. The Labute approximate surface area is 113 Å². The second kappa shape index (κ2) is 6.06. The normalized spacial score (nSPS) is 23.0. The first-order valence-corrected chi connectivity index (χ1v) is 6.78. The van der Waals surface area contributed by atoms with Gasteiger partial charge in [-0.2, -0.15) is 0 Å². The molecule has 0 aliphatic carbocycles. The number of nitrogens with one attached hydrogen (secondary N) is 1. The van der Waals surface area contributed by atoms with Gasteiger partial charge in [0.15, 0.2) is 0 Å². The lowest BCUT2D eigenvalue weighted by molar-refractivity contribution is -0.136. The molecule has 1 saturated heterocycles. The Balaban J connectivity index is 1.92. The quantitative estimate of drug-likeness (QED) is 0.855. The SMILES string of the molecule is CC1(Oc2ccc(CCC(=O)O)cc2)CCCNC1. The molecule has 0 saturated carbocycles. The molecule has 1 aliphatic rings. The average Bonchev–Trinajstić information content (AvgIpc) is 2.38. The van der Waals surface area contributed by atoms with E-state index < -0.39 is 5.97 Å². The summed E-state index contributed by atoms with van der Waals surface area (Å²) in [5, 5.41) is 12.0. The van der Waals surface area contributed by atoms with Crippen molar-refractivity contribution in [2.24, 2.45) is 0 Å². The van der Waals surface area contributed by atoms with Crippen molar-refractivity contribution in [2.45, 2.75) is 38.2 Å². The van der Waals surface area contributed by atoms with Gasteiger partial charge in [-0.25, -0.2) is 0 Å². The third kappa shape index (κ3) is 4.24. The minimum absolute atomic E-state index is 0.138. The summed E-state index contributed by atoms with van der Waals surface area (Å²) in [4.78, 5) is 10.5. The number of rotatable bonds is 5. The van der Waals surface area contributed by atoms with E-state index in [0.29, 0.717) is 6.42 Å². The fourth-order valence-electron chi connectivity index (χ4n) is 2.38. The van der Waals surface area contributed by atoms with Crippen LogP contribution in [0.2, 0.25) is 0 Å². The number of hydrogen-bond acceptors (Lipinski definition) is 3. The predicted octanol–water partition coefficient (Wildman–Crippen LogP) is 2.22. The van der Waals surface area contributed by atoms with Crippen LogP contribution < -0.4 is 10.1 Å². The first-order chi connectivity index (χ1) is 9.07. The molecular weight excluding hydrogens is 242 g/mol. The van der Waals surface area contributed by atoms with Gasteiger partial charge in [-0.1, -0.05) is 12.1 Å². The lowest BCUT2D eigenvalue weighted by Crippen LogP contribution is -2.47. The van der Waals surface area contributed by atoms with Gasteiger partial charge in [0, 0.05) is 13.0 Å². The van der Waals surface area contributed by atoms with Crippen molar-refractivity contribution in [3.8, 4) is 5.75 Å². The van der Waals surface area contributed by atoms with Crippen molar-refractivity contribution < 1.29 is 14.6 Å². The van der Waals surface area contributed by atoms with E-state index in [1.807, 2.05) is 24.3 Å². The van der Waals surface area contributed by atoms with Gasteiger partial charge in [-0.3, -0.25) is 4.79 Å². The molecule has 1 aromatic carbocycles. The summed E-state index contributed by atoms with van der Waals surface area (Å²) < 4.78 is 6.04. The number of aryl methyl sites for hydroxylation is 1. The number of carbonyl (C=O) groups is 1. The van der Waals surface area contributed by atoms with E-state index in [2.05, 4.69) is 12.2 Å². The smallest absolute Gasteiger partial charge is 0.303 e. The van der Waals surface area contributed by atoms with Crippen LogP contribution in [-0.2, 0) is 11.2 Å². The minimum Gasteiger partial charge on any atom is -0.486 e.